The van der Waals surface area contributed by atoms with Crippen LogP contribution in [0.4, 0.5) is 0 Å². The predicted octanol–water partition coefficient (Wildman–Crippen LogP) is -7.61. The van der Waals surface area contributed by atoms with Crippen LogP contribution in [-0.4, -0.2) is 65.3 Å². The molecule has 6 N–H and O–H groups in total. The van der Waals surface area contributed by atoms with Crippen LogP contribution < -0.4 is 18.6 Å². The van der Waals surface area contributed by atoms with Crippen LogP contribution in [0.15, 0.2) is 0 Å². The van der Waals surface area contributed by atoms with Gasteiger partial charge < -0.3 is 16.4 Å². The van der Waals surface area contributed by atoms with Gasteiger partial charge in [-0.3, -0.25) is 0 Å². The molecule has 0 unspecified atom stereocenters. The van der Waals surface area contributed by atoms with E-state index in [0.29, 0.717) is 0 Å². The molecule has 0 atom stereocenters. The molecule has 0 radical (unpaired) electrons. The van der Waals surface area contributed by atoms with E-state index in [1.165, 1.54) is 0 Å². The zero-order valence-corrected chi connectivity index (χ0v) is 9.41. The first-order valence-corrected chi connectivity index (χ1v) is 1.85. The van der Waals surface area contributed by atoms with Crippen molar-refractivity contribution in [2.75, 3.05) is 0 Å². The Morgan fingerprint density at radius 1 is 0.667 bits per heavy atom. The standard InChI is InChI=1S/Ba.ClHO4.3H2O/c;2-1(3,4)5;;;/h;(H,2,3,4,5);3*1H2/q+2;;;;/p-1. The molecule has 0 aliphatic rings. The molecule has 0 saturated heterocycles. The topological polar surface area (TPSA) is 187 Å². The zero-order valence-electron chi connectivity index (χ0n) is 4.22. The molecule has 0 aromatic rings. The van der Waals surface area contributed by atoms with Crippen LogP contribution in [0.1, 0.15) is 0 Å². The first-order chi connectivity index (χ1) is 2.00. The van der Waals surface area contributed by atoms with E-state index in [-0.39, 0.29) is 65.3 Å². The van der Waals surface area contributed by atoms with Crippen LogP contribution in [0.5, 0.6) is 0 Å². The van der Waals surface area contributed by atoms with Gasteiger partial charge in [-0.2, -0.15) is 0 Å². The van der Waals surface area contributed by atoms with Crippen molar-refractivity contribution in [1.82, 2.24) is 0 Å². The Morgan fingerprint density at radius 3 is 0.667 bits per heavy atom. The first-order valence-electron chi connectivity index (χ1n) is 0.617. The van der Waals surface area contributed by atoms with Gasteiger partial charge in [-0.1, -0.05) is 0 Å². The van der Waals surface area contributed by atoms with Crippen molar-refractivity contribution in [3.05, 3.63) is 0 Å². The number of hydrogen-bond donors (Lipinski definition) is 0. The fraction of sp³-hybridized carbons (Fsp3) is 0. The van der Waals surface area contributed by atoms with E-state index < -0.39 is 10.2 Å². The third-order valence-electron chi connectivity index (χ3n) is 0. The van der Waals surface area contributed by atoms with E-state index in [9.17, 15) is 0 Å². The summed E-state index contributed by atoms with van der Waals surface area (Å²) in [6, 6.07) is 0. The molecule has 0 heterocycles. The molecule has 56 valence electrons. The Balaban J connectivity index is -0.0000000133. The van der Waals surface area contributed by atoms with Crippen molar-refractivity contribution in [3.8, 4) is 0 Å². The molecule has 0 aliphatic heterocycles. The van der Waals surface area contributed by atoms with E-state index in [1.807, 2.05) is 0 Å². The van der Waals surface area contributed by atoms with E-state index >= 15 is 0 Å². The first kappa shape index (κ1) is 31.2. The number of hydrogen-bond acceptors (Lipinski definition) is 4. The molecule has 0 amide bonds. The molecule has 0 saturated carbocycles. The fourth-order valence-corrected chi connectivity index (χ4v) is 0. The largest absolute Gasteiger partial charge is 2.00 e. The minimum absolute atomic E-state index is 0. The molecule has 0 aromatic carbocycles. The molecule has 0 rings (SSSR count). The van der Waals surface area contributed by atoms with Gasteiger partial charge in [-0.05, 0) is 0 Å². The summed E-state index contributed by atoms with van der Waals surface area (Å²) in [6.07, 6.45) is 0. The fourth-order valence-electron chi connectivity index (χ4n) is 0. The summed E-state index contributed by atoms with van der Waals surface area (Å²) in [5, 5.41) is 0. The van der Waals surface area contributed by atoms with Gasteiger partial charge in [0.15, 0.2) is 0 Å². The Labute approximate surface area is 93.0 Å². The zero-order chi connectivity index (χ0) is 4.50. The van der Waals surface area contributed by atoms with Gasteiger partial charge in [-0.15, -0.1) is 10.2 Å². The molecule has 7 nitrogen and oxygen atoms in total. The quantitative estimate of drug-likeness (QED) is 0.401. The summed E-state index contributed by atoms with van der Waals surface area (Å²) < 4.78 is 34.0. The van der Waals surface area contributed by atoms with Gasteiger partial charge in [0, 0.05) is 0 Å². The van der Waals surface area contributed by atoms with Crippen LogP contribution in [0.3, 0.4) is 0 Å². The summed E-state index contributed by atoms with van der Waals surface area (Å²) >= 11 is 0. The van der Waals surface area contributed by atoms with Crippen molar-refractivity contribution < 1.29 is 45.3 Å². The minimum Gasteiger partial charge on any atom is -0.412 e. The van der Waals surface area contributed by atoms with Crippen LogP contribution in [0, 0.1) is 10.2 Å². The van der Waals surface area contributed by atoms with Crippen molar-refractivity contribution in [3.63, 3.8) is 0 Å². The molecular weight excluding hydrogens is 285 g/mol. The smallest absolute Gasteiger partial charge is 0.412 e. The van der Waals surface area contributed by atoms with E-state index in [2.05, 4.69) is 0 Å². The monoisotopic (exact) mass is 291 g/mol. The summed E-state index contributed by atoms with van der Waals surface area (Å²) in [4.78, 5) is 0. The van der Waals surface area contributed by atoms with Crippen LogP contribution in [-0.2, 0) is 0 Å². The van der Waals surface area contributed by atoms with Crippen molar-refractivity contribution in [2.45, 2.75) is 0 Å². The van der Waals surface area contributed by atoms with Gasteiger partial charge in [0.2, 0.25) is 0 Å². The molecule has 0 aliphatic carbocycles. The molecule has 0 aromatic heterocycles. The Morgan fingerprint density at radius 2 is 0.667 bits per heavy atom. The van der Waals surface area contributed by atoms with Crippen LogP contribution in [0.2, 0.25) is 0 Å². The summed E-state index contributed by atoms with van der Waals surface area (Å²) in [6.45, 7) is 0. The number of rotatable bonds is 0. The Hall–Kier alpha value is 1.58. The second-order valence-electron chi connectivity index (χ2n) is 0.378. The van der Waals surface area contributed by atoms with Gasteiger partial charge in [0.05, 0.1) is 0 Å². The molecule has 9 heteroatoms. The maximum atomic E-state index is 8.49. The normalized spacial score (nSPS) is 6.67. The van der Waals surface area contributed by atoms with Gasteiger partial charge in [0.1, 0.15) is 0 Å². The maximum absolute atomic E-state index is 8.49. The van der Waals surface area contributed by atoms with Gasteiger partial charge >= 0.3 is 48.9 Å². The molecule has 9 heavy (non-hydrogen) atoms. The third-order valence-corrected chi connectivity index (χ3v) is 0. The Bertz CT molecular complexity index is 24.4. The molecule has 0 spiro atoms. The van der Waals surface area contributed by atoms with Gasteiger partial charge in [-0.25, -0.2) is 18.6 Å². The second kappa shape index (κ2) is 12.3. The minimum atomic E-state index is -4.94. The van der Waals surface area contributed by atoms with Gasteiger partial charge in [0.25, 0.3) is 0 Å². The second-order valence-corrected chi connectivity index (χ2v) is 1.13. The van der Waals surface area contributed by atoms with Crippen molar-refractivity contribution in [2.24, 2.45) is 0 Å². The summed E-state index contributed by atoms with van der Waals surface area (Å²) in [5.74, 6) is 0. The predicted molar refractivity (Wildman–Crippen MR) is 16.6 cm³/mol. The maximum Gasteiger partial charge on any atom is 2.00 e. The SMILES string of the molecule is O.O.O.[Ba+2].[O-][Cl+3]([O-])([O-])[O-]. The van der Waals surface area contributed by atoms with Crippen LogP contribution >= 0.6 is 0 Å². The van der Waals surface area contributed by atoms with Crippen LogP contribution in [0.25, 0.3) is 0 Å². The van der Waals surface area contributed by atoms with Crippen molar-refractivity contribution in [1.29, 1.82) is 0 Å². The average Bonchev–Trinajstić information content (AvgIpc) is 0.722. The van der Waals surface area contributed by atoms with E-state index in [4.69, 9.17) is 18.6 Å². The Kier molecular flexibility index (Phi) is 42.5. The number of halogens is 1. The molecule has 0 bridgehead atoms. The average molecular weight is 291 g/mol. The summed E-state index contributed by atoms with van der Waals surface area (Å²) in [5.41, 5.74) is 0. The third kappa shape index (κ3) is 220. The molecular formula is H6BaClO7+. The van der Waals surface area contributed by atoms with E-state index in [0.717, 1.165) is 0 Å². The molecule has 0 fully saturated rings. The van der Waals surface area contributed by atoms with E-state index in [1.54, 1.807) is 0 Å². The summed E-state index contributed by atoms with van der Waals surface area (Å²) in [7, 11) is -4.94. The van der Waals surface area contributed by atoms with Crippen molar-refractivity contribution >= 4 is 48.9 Å².